The molecule has 2 aliphatic carbocycles. The Labute approximate surface area is 167 Å². The molecule has 0 unspecified atom stereocenters. The van der Waals surface area contributed by atoms with Crippen LogP contribution in [0.5, 0.6) is 11.5 Å². The molecule has 1 aromatic rings. The Bertz CT molecular complexity index is 637. The smallest absolute Gasteiger partial charge is 0.255 e. The third-order valence-electron chi connectivity index (χ3n) is 5.89. The number of nitrogens with one attached hydrogen (secondary N) is 2. The first-order valence-electron chi connectivity index (χ1n) is 10.5. The Morgan fingerprint density at radius 1 is 0.714 bits per heavy atom. The predicted molar refractivity (Wildman–Crippen MR) is 108 cm³/mol. The van der Waals surface area contributed by atoms with E-state index in [0.717, 1.165) is 51.4 Å². The fourth-order valence-electron chi connectivity index (χ4n) is 4.27. The van der Waals surface area contributed by atoms with Crippen LogP contribution in [-0.2, 0) is 0 Å². The highest BCUT2D eigenvalue weighted by atomic mass is 16.5. The van der Waals surface area contributed by atoms with Crippen LogP contribution < -0.4 is 20.1 Å². The van der Waals surface area contributed by atoms with Crippen molar-refractivity contribution in [3.63, 3.8) is 0 Å². The minimum Gasteiger partial charge on any atom is -0.496 e. The van der Waals surface area contributed by atoms with Gasteiger partial charge in [-0.3, -0.25) is 9.59 Å². The zero-order chi connectivity index (χ0) is 19.9. The van der Waals surface area contributed by atoms with E-state index in [4.69, 9.17) is 9.47 Å². The SMILES string of the molecule is COc1cc(OC)c(C(=O)NC2CCCCC2)cc1C(=O)NC1CCCCC1. The summed E-state index contributed by atoms with van der Waals surface area (Å²) in [6, 6.07) is 3.61. The van der Waals surface area contributed by atoms with E-state index in [1.54, 1.807) is 12.1 Å². The van der Waals surface area contributed by atoms with Gasteiger partial charge in [0.2, 0.25) is 0 Å². The quantitative estimate of drug-likeness (QED) is 0.776. The molecule has 154 valence electrons. The standard InChI is InChI=1S/C22H32N2O4/c1-27-19-14-20(28-2)18(22(26)24-16-11-7-4-8-12-16)13-17(19)21(25)23-15-9-5-3-6-10-15/h13-16H,3-12H2,1-2H3,(H,23,25)(H,24,26). The molecular formula is C22H32N2O4. The summed E-state index contributed by atoms with van der Waals surface area (Å²) in [4.78, 5) is 25.8. The van der Waals surface area contributed by atoms with Gasteiger partial charge in [-0.25, -0.2) is 0 Å². The fraction of sp³-hybridized carbons (Fsp3) is 0.636. The normalized spacial score (nSPS) is 18.4. The lowest BCUT2D eigenvalue weighted by Gasteiger charge is -2.24. The number of carbonyl (C=O) groups excluding carboxylic acids is 2. The molecule has 28 heavy (non-hydrogen) atoms. The summed E-state index contributed by atoms with van der Waals surface area (Å²) in [6.07, 6.45) is 11.0. The number of methoxy groups -OCH3 is 2. The molecule has 6 heteroatoms. The lowest BCUT2D eigenvalue weighted by molar-refractivity contribution is 0.0924. The third kappa shape index (κ3) is 4.97. The summed E-state index contributed by atoms with van der Waals surface area (Å²) in [7, 11) is 3.04. The Morgan fingerprint density at radius 2 is 1.11 bits per heavy atom. The average molecular weight is 389 g/mol. The van der Waals surface area contributed by atoms with Gasteiger partial charge in [-0.15, -0.1) is 0 Å². The molecule has 0 saturated heterocycles. The molecule has 2 amide bonds. The molecule has 0 atom stereocenters. The highest BCUT2D eigenvalue weighted by Gasteiger charge is 2.25. The largest absolute Gasteiger partial charge is 0.496 e. The van der Waals surface area contributed by atoms with Crippen molar-refractivity contribution in [1.82, 2.24) is 10.6 Å². The molecular weight excluding hydrogens is 356 g/mol. The van der Waals surface area contributed by atoms with E-state index in [1.807, 2.05) is 0 Å². The number of benzene rings is 1. The van der Waals surface area contributed by atoms with Crippen LogP contribution in [0.1, 0.15) is 84.9 Å². The highest BCUT2D eigenvalue weighted by Crippen LogP contribution is 2.30. The minimum absolute atomic E-state index is 0.188. The summed E-state index contributed by atoms with van der Waals surface area (Å²) in [5.41, 5.74) is 0.755. The third-order valence-corrected chi connectivity index (χ3v) is 5.89. The van der Waals surface area contributed by atoms with Gasteiger partial charge in [0.15, 0.2) is 0 Å². The molecule has 6 nitrogen and oxygen atoms in total. The molecule has 3 rings (SSSR count). The van der Waals surface area contributed by atoms with Gasteiger partial charge in [-0.05, 0) is 31.7 Å². The lowest BCUT2D eigenvalue weighted by Crippen LogP contribution is -2.37. The van der Waals surface area contributed by atoms with Gasteiger partial charge in [0, 0.05) is 18.2 Å². The van der Waals surface area contributed by atoms with Crippen LogP contribution in [0.3, 0.4) is 0 Å². The minimum atomic E-state index is -0.196. The molecule has 2 fully saturated rings. The maximum absolute atomic E-state index is 12.9. The molecule has 0 bridgehead atoms. The van der Waals surface area contributed by atoms with Crippen molar-refractivity contribution < 1.29 is 19.1 Å². The molecule has 0 aliphatic heterocycles. The maximum atomic E-state index is 12.9. The number of rotatable bonds is 6. The molecule has 0 spiro atoms. The van der Waals surface area contributed by atoms with Crippen molar-refractivity contribution >= 4 is 11.8 Å². The number of hydrogen-bond acceptors (Lipinski definition) is 4. The Morgan fingerprint density at radius 3 is 1.46 bits per heavy atom. The van der Waals surface area contributed by atoms with Crippen molar-refractivity contribution in [1.29, 1.82) is 0 Å². The zero-order valence-corrected chi connectivity index (χ0v) is 17.0. The topological polar surface area (TPSA) is 76.7 Å². The monoisotopic (exact) mass is 388 g/mol. The summed E-state index contributed by atoms with van der Waals surface area (Å²) >= 11 is 0. The average Bonchev–Trinajstić information content (AvgIpc) is 2.74. The van der Waals surface area contributed by atoms with Crippen molar-refractivity contribution in [2.24, 2.45) is 0 Å². The van der Waals surface area contributed by atoms with Crippen LogP contribution in [0.15, 0.2) is 12.1 Å². The van der Waals surface area contributed by atoms with E-state index in [9.17, 15) is 9.59 Å². The second-order valence-corrected chi connectivity index (χ2v) is 7.87. The molecule has 0 heterocycles. The second-order valence-electron chi connectivity index (χ2n) is 7.87. The van der Waals surface area contributed by atoms with Gasteiger partial charge in [-0.1, -0.05) is 38.5 Å². The van der Waals surface area contributed by atoms with Gasteiger partial charge in [0.25, 0.3) is 11.8 Å². The van der Waals surface area contributed by atoms with Gasteiger partial charge < -0.3 is 20.1 Å². The Balaban J connectivity index is 1.81. The molecule has 0 radical (unpaired) electrons. The van der Waals surface area contributed by atoms with Crippen molar-refractivity contribution in [3.8, 4) is 11.5 Å². The molecule has 1 aromatic carbocycles. The summed E-state index contributed by atoms with van der Waals surface area (Å²) in [5, 5.41) is 6.21. The van der Waals surface area contributed by atoms with Crippen molar-refractivity contribution in [2.45, 2.75) is 76.3 Å². The second kappa shape index (κ2) is 9.80. The Kier molecular flexibility index (Phi) is 7.18. The van der Waals surface area contributed by atoms with E-state index in [0.29, 0.717) is 22.6 Å². The van der Waals surface area contributed by atoms with Gasteiger partial charge in [0.1, 0.15) is 11.5 Å². The predicted octanol–water partition coefficient (Wildman–Crippen LogP) is 3.83. The Hall–Kier alpha value is -2.24. The van der Waals surface area contributed by atoms with Gasteiger partial charge in [-0.2, -0.15) is 0 Å². The summed E-state index contributed by atoms with van der Waals surface area (Å²) in [5.74, 6) is 0.440. The first-order valence-corrected chi connectivity index (χ1v) is 10.5. The summed E-state index contributed by atoms with van der Waals surface area (Å²) in [6.45, 7) is 0. The molecule has 2 aliphatic rings. The zero-order valence-electron chi connectivity index (χ0n) is 17.0. The van der Waals surface area contributed by atoms with Crippen molar-refractivity contribution in [2.75, 3.05) is 14.2 Å². The lowest BCUT2D eigenvalue weighted by atomic mass is 9.94. The highest BCUT2D eigenvalue weighted by molar-refractivity contribution is 6.03. The van der Waals surface area contributed by atoms with E-state index >= 15 is 0 Å². The number of amides is 2. The van der Waals surface area contributed by atoms with Crippen LogP contribution in [-0.4, -0.2) is 38.1 Å². The van der Waals surface area contributed by atoms with Crippen LogP contribution in [0.4, 0.5) is 0 Å². The van der Waals surface area contributed by atoms with Gasteiger partial charge >= 0.3 is 0 Å². The van der Waals surface area contributed by atoms with Crippen LogP contribution in [0.2, 0.25) is 0 Å². The number of ether oxygens (including phenoxy) is 2. The van der Waals surface area contributed by atoms with E-state index in [-0.39, 0.29) is 23.9 Å². The molecule has 2 N–H and O–H groups in total. The molecule has 0 aromatic heterocycles. The molecule has 2 saturated carbocycles. The first kappa shape index (κ1) is 20.5. The maximum Gasteiger partial charge on any atom is 0.255 e. The van der Waals surface area contributed by atoms with Crippen LogP contribution >= 0.6 is 0 Å². The van der Waals surface area contributed by atoms with E-state index < -0.39 is 0 Å². The number of hydrogen-bond donors (Lipinski definition) is 2. The fourth-order valence-corrected chi connectivity index (χ4v) is 4.27. The number of carbonyl (C=O) groups is 2. The van der Waals surface area contributed by atoms with Crippen molar-refractivity contribution in [3.05, 3.63) is 23.3 Å². The van der Waals surface area contributed by atoms with Crippen LogP contribution in [0.25, 0.3) is 0 Å². The van der Waals surface area contributed by atoms with E-state index in [1.165, 1.54) is 27.1 Å². The van der Waals surface area contributed by atoms with Crippen LogP contribution in [0, 0.1) is 0 Å². The van der Waals surface area contributed by atoms with E-state index in [2.05, 4.69) is 10.6 Å². The summed E-state index contributed by atoms with van der Waals surface area (Å²) < 4.78 is 10.8. The van der Waals surface area contributed by atoms with Gasteiger partial charge in [0.05, 0.1) is 25.3 Å². The first-order chi connectivity index (χ1) is 13.6.